The van der Waals surface area contributed by atoms with Crippen molar-refractivity contribution in [3.8, 4) is 0 Å². The molecule has 68 valence electrons. The largest absolute Gasteiger partial charge is 0.321 e. The molecular formula is C8H8ClN3O. The van der Waals surface area contributed by atoms with Gasteiger partial charge in [-0.2, -0.15) is 5.10 Å². The molecule has 1 aliphatic heterocycles. The fraction of sp³-hybridized carbons (Fsp3) is 0.125. The number of hydrogen-bond acceptors (Lipinski definition) is 3. The number of nitrogens with one attached hydrogen (secondary N) is 1. The first kappa shape index (κ1) is 8.34. The van der Waals surface area contributed by atoms with Crippen molar-refractivity contribution in [1.29, 1.82) is 0 Å². The third-order valence-electron chi connectivity index (χ3n) is 1.85. The van der Waals surface area contributed by atoms with E-state index in [-0.39, 0.29) is 0 Å². The van der Waals surface area contributed by atoms with Crippen LogP contribution in [0.5, 0.6) is 0 Å². The van der Waals surface area contributed by atoms with Crippen molar-refractivity contribution < 1.29 is 4.84 Å². The number of amidine groups is 1. The van der Waals surface area contributed by atoms with Crippen molar-refractivity contribution in [1.82, 2.24) is 5.48 Å². The van der Waals surface area contributed by atoms with E-state index in [1.807, 2.05) is 12.1 Å². The van der Waals surface area contributed by atoms with Crippen LogP contribution in [-0.4, -0.2) is 5.84 Å². The summed E-state index contributed by atoms with van der Waals surface area (Å²) in [6.07, 6.45) is 0. The average Bonchev–Trinajstić information content (AvgIpc) is 2.17. The van der Waals surface area contributed by atoms with Gasteiger partial charge in [-0.3, -0.25) is 4.84 Å². The van der Waals surface area contributed by atoms with Crippen molar-refractivity contribution >= 4 is 17.4 Å². The molecule has 0 fully saturated rings. The Balaban J connectivity index is 2.54. The summed E-state index contributed by atoms with van der Waals surface area (Å²) in [5.74, 6) is 5.67. The van der Waals surface area contributed by atoms with E-state index in [2.05, 4.69) is 10.6 Å². The van der Waals surface area contributed by atoms with Crippen LogP contribution in [0.15, 0.2) is 23.3 Å². The van der Waals surface area contributed by atoms with Crippen molar-refractivity contribution in [3.63, 3.8) is 0 Å². The third kappa shape index (κ3) is 1.46. The minimum absolute atomic E-state index is 0.492. The van der Waals surface area contributed by atoms with E-state index >= 15 is 0 Å². The lowest BCUT2D eigenvalue weighted by atomic mass is 10.1. The number of fused-ring (bicyclic) bond motifs is 1. The maximum atomic E-state index is 5.83. The number of nitrogens with zero attached hydrogens (tertiary/aromatic N) is 1. The number of halogens is 1. The molecule has 1 aromatic rings. The molecule has 1 heterocycles. The van der Waals surface area contributed by atoms with Gasteiger partial charge in [0, 0.05) is 10.6 Å². The van der Waals surface area contributed by atoms with Crippen molar-refractivity contribution in [2.24, 2.45) is 10.9 Å². The Morgan fingerprint density at radius 2 is 2.38 bits per heavy atom. The first-order valence-electron chi connectivity index (χ1n) is 3.76. The topological polar surface area (TPSA) is 59.6 Å². The Morgan fingerprint density at radius 1 is 1.54 bits per heavy atom. The number of hydroxylamine groups is 1. The highest BCUT2D eigenvalue weighted by molar-refractivity contribution is 6.31. The zero-order valence-corrected chi connectivity index (χ0v) is 7.51. The Bertz CT molecular complexity index is 364. The molecule has 2 rings (SSSR count). The van der Waals surface area contributed by atoms with Crippen LogP contribution in [0.4, 0.5) is 0 Å². The second-order valence-corrected chi connectivity index (χ2v) is 3.11. The first-order chi connectivity index (χ1) is 6.31. The smallest absolute Gasteiger partial charge is 0.176 e. The number of nitrogens with two attached hydrogens (primary N) is 1. The summed E-state index contributed by atoms with van der Waals surface area (Å²) >= 11 is 5.83. The van der Waals surface area contributed by atoms with Crippen LogP contribution in [0.2, 0.25) is 5.02 Å². The van der Waals surface area contributed by atoms with Crippen molar-refractivity contribution in [3.05, 3.63) is 34.3 Å². The van der Waals surface area contributed by atoms with Gasteiger partial charge in [-0.15, -0.1) is 0 Å². The SMILES string of the molecule is NN=C1NOCc2ccc(Cl)cc21. The standard InChI is InChI=1S/C8H8ClN3O/c9-6-2-1-5-4-13-12-8(11-10)7(5)3-6/h1-3H,4,10H2,(H,11,12). The predicted octanol–water partition coefficient (Wildman–Crippen LogP) is 0.995. The second-order valence-electron chi connectivity index (χ2n) is 2.67. The monoisotopic (exact) mass is 197 g/mol. The summed E-state index contributed by atoms with van der Waals surface area (Å²) in [7, 11) is 0. The predicted molar refractivity (Wildman–Crippen MR) is 50.1 cm³/mol. The first-order valence-corrected chi connectivity index (χ1v) is 4.13. The van der Waals surface area contributed by atoms with E-state index in [1.165, 1.54) is 0 Å². The Kier molecular flexibility index (Phi) is 2.08. The van der Waals surface area contributed by atoms with Crippen molar-refractivity contribution in [2.45, 2.75) is 6.61 Å². The molecule has 0 spiro atoms. The molecule has 0 saturated carbocycles. The van der Waals surface area contributed by atoms with E-state index in [0.29, 0.717) is 17.5 Å². The molecule has 3 N–H and O–H groups in total. The van der Waals surface area contributed by atoms with Gasteiger partial charge >= 0.3 is 0 Å². The highest BCUT2D eigenvalue weighted by Crippen LogP contribution is 2.19. The summed E-state index contributed by atoms with van der Waals surface area (Å²) in [5.41, 5.74) is 4.53. The van der Waals surface area contributed by atoms with Crippen molar-refractivity contribution in [2.75, 3.05) is 0 Å². The lowest BCUT2D eigenvalue weighted by Crippen LogP contribution is -2.31. The summed E-state index contributed by atoms with van der Waals surface area (Å²) < 4.78 is 0. The lowest BCUT2D eigenvalue weighted by Gasteiger charge is -2.18. The molecule has 13 heavy (non-hydrogen) atoms. The Morgan fingerprint density at radius 3 is 3.15 bits per heavy atom. The molecule has 0 bridgehead atoms. The van der Waals surface area contributed by atoms with Crippen LogP contribution in [-0.2, 0) is 11.4 Å². The lowest BCUT2D eigenvalue weighted by molar-refractivity contribution is 0.0650. The molecule has 1 aliphatic rings. The summed E-state index contributed by atoms with van der Waals surface area (Å²) in [4.78, 5) is 5.04. The molecule has 0 unspecified atom stereocenters. The fourth-order valence-corrected chi connectivity index (χ4v) is 1.40. The van der Waals surface area contributed by atoms with Gasteiger partial charge in [0.2, 0.25) is 0 Å². The van der Waals surface area contributed by atoms with E-state index in [0.717, 1.165) is 11.1 Å². The molecule has 1 aromatic carbocycles. The van der Waals surface area contributed by atoms with E-state index in [9.17, 15) is 0 Å². The minimum Gasteiger partial charge on any atom is -0.321 e. The van der Waals surface area contributed by atoms with Gasteiger partial charge in [0.15, 0.2) is 5.84 Å². The summed E-state index contributed by atoms with van der Waals surface area (Å²) in [6, 6.07) is 5.50. The summed E-state index contributed by atoms with van der Waals surface area (Å²) in [6.45, 7) is 0.492. The zero-order chi connectivity index (χ0) is 9.26. The molecule has 0 atom stereocenters. The van der Waals surface area contributed by atoms with E-state index < -0.39 is 0 Å². The number of benzene rings is 1. The Hall–Kier alpha value is -1.26. The third-order valence-corrected chi connectivity index (χ3v) is 2.09. The van der Waals surface area contributed by atoms with Crippen LogP contribution < -0.4 is 11.3 Å². The van der Waals surface area contributed by atoms with Crippen LogP contribution in [0.25, 0.3) is 0 Å². The van der Waals surface area contributed by atoms with Crippen LogP contribution in [0.1, 0.15) is 11.1 Å². The minimum atomic E-state index is 0.492. The van der Waals surface area contributed by atoms with Gasteiger partial charge in [-0.1, -0.05) is 17.7 Å². The normalized spacial score (nSPS) is 18.1. The highest BCUT2D eigenvalue weighted by Gasteiger charge is 2.15. The average molecular weight is 198 g/mol. The zero-order valence-electron chi connectivity index (χ0n) is 6.75. The van der Waals surface area contributed by atoms with Crippen LogP contribution in [0.3, 0.4) is 0 Å². The maximum Gasteiger partial charge on any atom is 0.176 e. The van der Waals surface area contributed by atoms with Gasteiger partial charge in [-0.05, 0) is 17.7 Å². The quantitative estimate of drug-likeness (QED) is 0.482. The van der Waals surface area contributed by atoms with Crippen LogP contribution >= 0.6 is 11.6 Å². The molecule has 5 heteroatoms. The van der Waals surface area contributed by atoms with E-state index in [1.54, 1.807) is 6.07 Å². The molecule has 0 aliphatic carbocycles. The van der Waals surface area contributed by atoms with Crippen LogP contribution in [0, 0.1) is 0 Å². The van der Waals surface area contributed by atoms with Gasteiger partial charge in [0.25, 0.3) is 0 Å². The van der Waals surface area contributed by atoms with Gasteiger partial charge in [-0.25, -0.2) is 5.48 Å². The van der Waals surface area contributed by atoms with Gasteiger partial charge in [0.1, 0.15) is 6.61 Å². The number of hydrazone groups is 1. The maximum absolute atomic E-state index is 5.83. The number of rotatable bonds is 0. The van der Waals surface area contributed by atoms with E-state index in [4.69, 9.17) is 22.3 Å². The summed E-state index contributed by atoms with van der Waals surface area (Å²) in [5, 5.41) is 4.21. The van der Waals surface area contributed by atoms with Gasteiger partial charge in [0.05, 0.1) is 0 Å². The Labute approximate surface area is 80.3 Å². The number of hydrogen-bond donors (Lipinski definition) is 2. The highest BCUT2D eigenvalue weighted by atomic mass is 35.5. The molecule has 4 nitrogen and oxygen atoms in total. The molecular weight excluding hydrogens is 190 g/mol. The molecule has 0 aromatic heterocycles. The van der Waals surface area contributed by atoms with Gasteiger partial charge < -0.3 is 5.84 Å². The molecule has 0 radical (unpaired) electrons. The second kappa shape index (κ2) is 3.24. The fourth-order valence-electron chi connectivity index (χ4n) is 1.23. The molecule has 0 amide bonds. The molecule has 0 saturated heterocycles.